The summed E-state index contributed by atoms with van der Waals surface area (Å²) in [6, 6.07) is 7.32. The van der Waals surface area contributed by atoms with Crippen molar-refractivity contribution in [1.82, 2.24) is 0 Å². The third-order valence-electron chi connectivity index (χ3n) is 1.99. The van der Waals surface area contributed by atoms with Crippen LogP contribution in [-0.2, 0) is 4.74 Å². The SMILES string of the molecule is C=C(C)c1cccc(C(=O)OC(C)(C)C)c1. The van der Waals surface area contributed by atoms with Crippen molar-refractivity contribution in [3.63, 3.8) is 0 Å². The first-order valence-corrected chi connectivity index (χ1v) is 5.29. The van der Waals surface area contributed by atoms with Gasteiger partial charge in [0.15, 0.2) is 0 Å². The topological polar surface area (TPSA) is 26.3 Å². The molecule has 0 aliphatic heterocycles. The van der Waals surface area contributed by atoms with E-state index in [1.807, 2.05) is 39.8 Å². The molecule has 0 aromatic heterocycles. The van der Waals surface area contributed by atoms with Gasteiger partial charge in [-0.3, -0.25) is 0 Å². The minimum absolute atomic E-state index is 0.296. The number of esters is 1. The van der Waals surface area contributed by atoms with Gasteiger partial charge in [0.2, 0.25) is 0 Å². The van der Waals surface area contributed by atoms with Crippen molar-refractivity contribution in [2.45, 2.75) is 33.3 Å². The van der Waals surface area contributed by atoms with Crippen LogP contribution in [-0.4, -0.2) is 11.6 Å². The summed E-state index contributed by atoms with van der Waals surface area (Å²) in [6.45, 7) is 11.3. The van der Waals surface area contributed by atoms with Crippen LogP contribution in [0.15, 0.2) is 30.8 Å². The Kier molecular flexibility index (Phi) is 3.53. The summed E-state index contributed by atoms with van der Waals surface area (Å²) < 4.78 is 5.29. The molecule has 0 bridgehead atoms. The molecule has 0 aliphatic rings. The lowest BCUT2D eigenvalue weighted by molar-refractivity contribution is 0.00695. The van der Waals surface area contributed by atoms with Crippen molar-refractivity contribution < 1.29 is 9.53 Å². The molecular formula is C14H18O2. The summed E-state index contributed by atoms with van der Waals surface area (Å²) in [5, 5.41) is 0. The molecule has 1 aromatic carbocycles. The van der Waals surface area contributed by atoms with Gasteiger partial charge in [-0.2, -0.15) is 0 Å². The van der Waals surface area contributed by atoms with Gasteiger partial charge in [0.1, 0.15) is 5.60 Å². The van der Waals surface area contributed by atoms with Gasteiger partial charge in [0, 0.05) is 0 Å². The molecule has 0 saturated carbocycles. The van der Waals surface area contributed by atoms with Crippen molar-refractivity contribution in [3.8, 4) is 0 Å². The fourth-order valence-electron chi connectivity index (χ4n) is 1.25. The van der Waals surface area contributed by atoms with Gasteiger partial charge in [-0.15, -0.1) is 0 Å². The van der Waals surface area contributed by atoms with Crippen LogP contribution in [0.25, 0.3) is 5.57 Å². The number of benzene rings is 1. The zero-order valence-electron chi connectivity index (χ0n) is 10.3. The van der Waals surface area contributed by atoms with Gasteiger partial charge in [0.05, 0.1) is 5.56 Å². The highest BCUT2D eigenvalue weighted by molar-refractivity contribution is 5.90. The fraction of sp³-hybridized carbons (Fsp3) is 0.357. The lowest BCUT2D eigenvalue weighted by Gasteiger charge is -2.19. The smallest absolute Gasteiger partial charge is 0.338 e. The van der Waals surface area contributed by atoms with Crippen molar-refractivity contribution in [2.24, 2.45) is 0 Å². The van der Waals surface area contributed by atoms with Gasteiger partial charge >= 0.3 is 5.97 Å². The maximum Gasteiger partial charge on any atom is 0.338 e. The zero-order valence-corrected chi connectivity index (χ0v) is 10.3. The Morgan fingerprint density at radius 1 is 1.25 bits per heavy atom. The summed E-state index contributed by atoms with van der Waals surface area (Å²) in [4.78, 5) is 11.8. The van der Waals surface area contributed by atoms with Crippen molar-refractivity contribution in [3.05, 3.63) is 42.0 Å². The molecule has 0 unspecified atom stereocenters. The van der Waals surface area contributed by atoms with E-state index in [1.165, 1.54) is 0 Å². The van der Waals surface area contributed by atoms with Gasteiger partial charge in [0.25, 0.3) is 0 Å². The Morgan fingerprint density at radius 3 is 2.31 bits per heavy atom. The van der Waals surface area contributed by atoms with Gasteiger partial charge in [-0.05, 0) is 45.4 Å². The lowest BCUT2D eigenvalue weighted by Crippen LogP contribution is -2.23. The van der Waals surface area contributed by atoms with Gasteiger partial charge < -0.3 is 4.74 Å². The number of allylic oxidation sites excluding steroid dienone is 1. The molecule has 2 nitrogen and oxygen atoms in total. The molecule has 0 aliphatic carbocycles. The first kappa shape index (κ1) is 12.5. The van der Waals surface area contributed by atoms with E-state index in [0.717, 1.165) is 11.1 Å². The Bertz CT molecular complexity index is 411. The second-order valence-corrected chi connectivity index (χ2v) is 4.86. The number of carbonyl (C=O) groups excluding carboxylic acids is 1. The van der Waals surface area contributed by atoms with E-state index in [9.17, 15) is 4.79 Å². The molecule has 0 radical (unpaired) electrons. The molecule has 1 aromatic rings. The Balaban J connectivity index is 2.92. The molecule has 0 heterocycles. The molecule has 1 rings (SSSR count). The van der Waals surface area contributed by atoms with Crippen LogP contribution in [0.2, 0.25) is 0 Å². The van der Waals surface area contributed by atoms with E-state index in [4.69, 9.17) is 4.74 Å². The summed E-state index contributed by atoms with van der Waals surface area (Å²) >= 11 is 0. The minimum Gasteiger partial charge on any atom is -0.456 e. The van der Waals surface area contributed by atoms with Crippen LogP contribution in [0.1, 0.15) is 43.6 Å². The average Bonchev–Trinajstić information content (AvgIpc) is 2.15. The molecular weight excluding hydrogens is 200 g/mol. The molecule has 0 amide bonds. The molecule has 16 heavy (non-hydrogen) atoms. The number of hydrogen-bond donors (Lipinski definition) is 0. The number of ether oxygens (including phenoxy) is 1. The predicted molar refractivity (Wildman–Crippen MR) is 66.3 cm³/mol. The molecule has 0 N–H and O–H groups in total. The highest BCUT2D eigenvalue weighted by atomic mass is 16.6. The Labute approximate surface area is 96.9 Å². The molecule has 0 saturated heterocycles. The second-order valence-electron chi connectivity index (χ2n) is 4.86. The highest BCUT2D eigenvalue weighted by Crippen LogP contribution is 2.16. The van der Waals surface area contributed by atoms with Gasteiger partial charge in [-0.25, -0.2) is 4.79 Å². The van der Waals surface area contributed by atoms with Crippen LogP contribution in [0, 0.1) is 0 Å². The standard InChI is InChI=1S/C14H18O2/c1-10(2)11-7-6-8-12(9-11)13(15)16-14(3,4)5/h6-9H,1H2,2-5H3. The van der Waals surface area contributed by atoms with E-state index in [2.05, 4.69) is 6.58 Å². The second kappa shape index (κ2) is 4.52. The molecule has 0 spiro atoms. The highest BCUT2D eigenvalue weighted by Gasteiger charge is 2.17. The van der Waals surface area contributed by atoms with Crippen molar-refractivity contribution in [1.29, 1.82) is 0 Å². The summed E-state index contributed by atoms with van der Waals surface area (Å²) in [6.07, 6.45) is 0. The molecule has 86 valence electrons. The lowest BCUT2D eigenvalue weighted by atomic mass is 10.1. The largest absolute Gasteiger partial charge is 0.456 e. The quantitative estimate of drug-likeness (QED) is 0.708. The van der Waals surface area contributed by atoms with Crippen LogP contribution in [0.4, 0.5) is 0 Å². The maximum atomic E-state index is 11.8. The van der Waals surface area contributed by atoms with Gasteiger partial charge in [-0.1, -0.05) is 24.3 Å². The van der Waals surface area contributed by atoms with E-state index >= 15 is 0 Å². The molecule has 2 heteroatoms. The minimum atomic E-state index is -0.462. The monoisotopic (exact) mass is 218 g/mol. The Hall–Kier alpha value is -1.57. The van der Waals surface area contributed by atoms with Crippen LogP contribution >= 0.6 is 0 Å². The number of hydrogen-bond acceptors (Lipinski definition) is 2. The summed E-state index contributed by atoms with van der Waals surface area (Å²) in [7, 11) is 0. The van der Waals surface area contributed by atoms with Crippen LogP contribution in [0.5, 0.6) is 0 Å². The molecule has 0 fully saturated rings. The first-order valence-electron chi connectivity index (χ1n) is 5.29. The summed E-state index contributed by atoms with van der Waals surface area (Å²) in [5.74, 6) is -0.296. The zero-order chi connectivity index (χ0) is 12.3. The summed E-state index contributed by atoms with van der Waals surface area (Å²) in [5.41, 5.74) is 2.00. The third kappa shape index (κ3) is 3.54. The van der Waals surface area contributed by atoms with Crippen molar-refractivity contribution in [2.75, 3.05) is 0 Å². The predicted octanol–water partition coefficient (Wildman–Crippen LogP) is 3.68. The van der Waals surface area contributed by atoms with Crippen LogP contribution in [0.3, 0.4) is 0 Å². The fourth-order valence-corrected chi connectivity index (χ4v) is 1.25. The average molecular weight is 218 g/mol. The maximum absolute atomic E-state index is 11.8. The molecule has 0 atom stereocenters. The Morgan fingerprint density at radius 2 is 1.81 bits per heavy atom. The van der Waals surface area contributed by atoms with E-state index < -0.39 is 5.60 Å². The number of carbonyl (C=O) groups is 1. The third-order valence-corrected chi connectivity index (χ3v) is 1.99. The van der Waals surface area contributed by atoms with E-state index in [1.54, 1.807) is 12.1 Å². The first-order chi connectivity index (χ1) is 7.29. The van der Waals surface area contributed by atoms with E-state index in [0.29, 0.717) is 5.56 Å². The number of rotatable bonds is 2. The van der Waals surface area contributed by atoms with E-state index in [-0.39, 0.29) is 5.97 Å². The van der Waals surface area contributed by atoms with Crippen molar-refractivity contribution >= 4 is 11.5 Å². The normalized spacial score (nSPS) is 11.0. The van der Waals surface area contributed by atoms with Crippen LogP contribution < -0.4 is 0 Å².